The number of hydrogen-bond donors (Lipinski definition) is 1. The highest BCUT2D eigenvalue weighted by atomic mass is 35.5. The van der Waals surface area contributed by atoms with Crippen molar-refractivity contribution in [2.75, 3.05) is 6.54 Å². The summed E-state index contributed by atoms with van der Waals surface area (Å²) in [5.74, 6) is 0.0773. The van der Waals surface area contributed by atoms with Gasteiger partial charge in [0.2, 0.25) is 11.8 Å². The Kier molecular flexibility index (Phi) is 9.34. The number of likely N-dealkylation sites (tertiary alicyclic amines) is 1. The lowest BCUT2D eigenvalue weighted by Crippen LogP contribution is -2.45. The maximum atomic E-state index is 13.0. The van der Waals surface area contributed by atoms with Crippen molar-refractivity contribution in [1.82, 2.24) is 10.2 Å². The van der Waals surface area contributed by atoms with Crippen molar-refractivity contribution in [3.63, 3.8) is 0 Å². The topological polar surface area (TPSA) is 73.2 Å². The summed E-state index contributed by atoms with van der Waals surface area (Å²) < 4.78 is 0. The van der Waals surface area contributed by atoms with Crippen molar-refractivity contribution in [3.05, 3.63) is 70.2 Å². The number of nitrogens with zero attached hydrogens (tertiary/aromatic N) is 2. The molecule has 1 heterocycles. The van der Waals surface area contributed by atoms with Gasteiger partial charge in [-0.25, -0.2) is 0 Å². The Morgan fingerprint density at radius 2 is 1.94 bits per heavy atom. The molecule has 3 rings (SSSR count). The van der Waals surface area contributed by atoms with E-state index < -0.39 is 11.5 Å². The van der Waals surface area contributed by atoms with Gasteiger partial charge in [-0.05, 0) is 61.3 Å². The Hall–Kier alpha value is -2.84. The third kappa shape index (κ3) is 6.44. The number of carbonyl (C=O) groups is 2. The Bertz CT molecular complexity index is 1060. The van der Waals surface area contributed by atoms with Crippen LogP contribution in [0.15, 0.2) is 48.5 Å². The lowest BCUT2D eigenvalue weighted by Gasteiger charge is -2.31. The molecule has 1 fully saturated rings. The molecule has 0 spiro atoms. The molecule has 1 aliphatic heterocycles. The van der Waals surface area contributed by atoms with Gasteiger partial charge in [0.05, 0.1) is 11.5 Å². The summed E-state index contributed by atoms with van der Waals surface area (Å²) >= 11 is 6.19. The first-order valence-electron chi connectivity index (χ1n) is 12.6. The molecule has 2 aromatic rings. The number of rotatable bonds is 10. The normalized spacial score (nSPS) is 17.1. The van der Waals surface area contributed by atoms with Crippen LogP contribution in [0.3, 0.4) is 0 Å². The maximum Gasteiger partial charge on any atom is 0.243 e. The summed E-state index contributed by atoms with van der Waals surface area (Å²) in [6, 6.07) is 17.9. The van der Waals surface area contributed by atoms with Crippen molar-refractivity contribution in [2.45, 2.75) is 77.3 Å². The van der Waals surface area contributed by atoms with Crippen LogP contribution in [0.1, 0.15) is 69.1 Å². The van der Waals surface area contributed by atoms with E-state index in [2.05, 4.69) is 25.2 Å². The van der Waals surface area contributed by atoms with Crippen molar-refractivity contribution in [3.8, 4) is 6.07 Å². The van der Waals surface area contributed by atoms with Gasteiger partial charge in [-0.1, -0.05) is 74.3 Å². The van der Waals surface area contributed by atoms with Gasteiger partial charge in [-0.15, -0.1) is 0 Å². The van der Waals surface area contributed by atoms with Gasteiger partial charge in [0.15, 0.2) is 0 Å². The van der Waals surface area contributed by atoms with Gasteiger partial charge in [0.25, 0.3) is 0 Å². The Labute approximate surface area is 214 Å². The van der Waals surface area contributed by atoms with Crippen molar-refractivity contribution in [1.29, 1.82) is 5.26 Å². The molecular weight excluding hydrogens is 458 g/mol. The van der Waals surface area contributed by atoms with Crippen LogP contribution in [0.5, 0.6) is 0 Å². The van der Waals surface area contributed by atoms with E-state index in [1.807, 2.05) is 55.5 Å². The first-order chi connectivity index (χ1) is 16.8. The third-order valence-corrected chi connectivity index (χ3v) is 7.67. The molecule has 35 heavy (non-hydrogen) atoms. The van der Waals surface area contributed by atoms with E-state index in [0.29, 0.717) is 43.8 Å². The van der Waals surface area contributed by atoms with Gasteiger partial charge >= 0.3 is 0 Å². The average Bonchev–Trinajstić information content (AvgIpc) is 3.35. The molecule has 186 valence electrons. The number of nitrogens with one attached hydrogen (secondary N) is 1. The second-order valence-corrected chi connectivity index (χ2v) is 10.3. The molecule has 0 radical (unpaired) electrons. The van der Waals surface area contributed by atoms with Gasteiger partial charge in [0.1, 0.15) is 6.04 Å². The second-order valence-electron chi connectivity index (χ2n) is 9.86. The average molecular weight is 494 g/mol. The van der Waals surface area contributed by atoms with Gasteiger partial charge in [-0.2, -0.15) is 5.26 Å². The summed E-state index contributed by atoms with van der Waals surface area (Å²) in [6.07, 6.45) is 4.11. The summed E-state index contributed by atoms with van der Waals surface area (Å²) in [4.78, 5) is 27.6. The first kappa shape index (κ1) is 26.8. The second kappa shape index (κ2) is 12.2. The molecular formula is C29H36ClN3O2. The molecule has 6 heteroatoms. The van der Waals surface area contributed by atoms with E-state index in [0.717, 1.165) is 29.5 Å². The number of aryl methyl sites for hydroxylation is 1. The molecule has 2 atom stereocenters. The monoisotopic (exact) mass is 493 g/mol. The number of hydrogen-bond acceptors (Lipinski definition) is 3. The molecule has 5 nitrogen and oxygen atoms in total. The van der Waals surface area contributed by atoms with Crippen molar-refractivity contribution in [2.24, 2.45) is 5.92 Å². The number of carbonyl (C=O) groups excluding carboxylic acids is 2. The van der Waals surface area contributed by atoms with Crippen LogP contribution >= 0.6 is 11.6 Å². The highest BCUT2D eigenvalue weighted by molar-refractivity contribution is 6.31. The van der Waals surface area contributed by atoms with Crippen LogP contribution in [-0.4, -0.2) is 29.3 Å². The SMILES string of the molecule is Cc1ccc(CNC(=O)[C@H]2CCCN2C(=O)CCCCC(C#N)(c2ccccc2)C(C)C)cc1Cl. The molecule has 2 amide bonds. The molecule has 1 unspecified atom stereocenters. The molecule has 0 aromatic heterocycles. The number of nitriles is 1. The smallest absolute Gasteiger partial charge is 0.243 e. The predicted molar refractivity (Wildman–Crippen MR) is 140 cm³/mol. The fraction of sp³-hybridized carbons (Fsp3) is 0.483. The Morgan fingerprint density at radius 1 is 1.20 bits per heavy atom. The van der Waals surface area contributed by atoms with Crippen molar-refractivity contribution < 1.29 is 9.59 Å². The quantitative estimate of drug-likeness (QED) is 0.416. The van der Waals surface area contributed by atoms with E-state index in [1.165, 1.54) is 0 Å². The zero-order valence-corrected chi connectivity index (χ0v) is 21.8. The molecule has 1 N–H and O–H groups in total. The fourth-order valence-corrected chi connectivity index (χ4v) is 5.17. The minimum atomic E-state index is -0.556. The minimum Gasteiger partial charge on any atom is -0.350 e. The summed E-state index contributed by atoms with van der Waals surface area (Å²) in [7, 11) is 0. The van der Waals surface area contributed by atoms with E-state index in [-0.39, 0.29) is 17.7 Å². The minimum absolute atomic E-state index is 0.0212. The van der Waals surface area contributed by atoms with E-state index >= 15 is 0 Å². The predicted octanol–water partition coefficient (Wildman–Crippen LogP) is 5.93. The Morgan fingerprint density at radius 3 is 2.60 bits per heavy atom. The van der Waals surface area contributed by atoms with Crippen molar-refractivity contribution >= 4 is 23.4 Å². The molecule has 1 saturated heterocycles. The fourth-order valence-electron chi connectivity index (χ4n) is 4.97. The number of amides is 2. The van der Waals surface area contributed by atoms with Crippen LogP contribution in [0.25, 0.3) is 0 Å². The van der Waals surface area contributed by atoms with Crippen LogP contribution in [0.2, 0.25) is 5.02 Å². The number of halogens is 1. The third-order valence-electron chi connectivity index (χ3n) is 7.26. The lowest BCUT2D eigenvalue weighted by molar-refractivity contribution is -0.138. The molecule has 1 aliphatic rings. The number of benzene rings is 2. The highest BCUT2D eigenvalue weighted by Gasteiger charge is 2.36. The van der Waals surface area contributed by atoms with Crippen LogP contribution in [-0.2, 0) is 21.5 Å². The standard InChI is InChI=1S/C29H36ClN3O2/c1-21(2)29(20-31,24-10-5-4-6-11-24)16-8-7-13-27(34)33-17-9-12-26(33)28(35)32-19-23-15-14-22(3)25(30)18-23/h4-6,10-11,14-15,18,21,26H,7-9,12-13,16-17,19H2,1-3H3,(H,32,35)/t26-,29?/m1/s1. The van der Waals surface area contributed by atoms with Gasteiger partial charge in [0, 0.05) is 24.5 Å². The van der Waals surface area contributed by atoms with Crippen LogP contribution in [0.4, 0.5) is 0 Å². The highest BCUT2D eigenvalue weighted by Crippen LogP contribution is 2.37. The number of unbranched alkanes of at least 4 members (excludes halogenated alkanes) is 1. The van der Waals surface area contributed by atoms with Gasteiger partial charge < -0.3 is 10.2 Å². The maximum absolute atomic E-state index is 13.0. The lowest BCUT2D eigenvalue weighted by atomic mass is 9.69. The largest absolute Gasteiger partial charge is 0.350 e. The zero-order valence-electron chi connectivity index (χ0n) is 21.0. The van der Waals surface area contributed by atoms with Crippen LogP contribution in [0, 0.1) is 24.2 Å². The summed E-state index contributed by atoms with van der Waals surface area (Å²) in [5.41, 5.74) is 2.42. The van der Waals surface area contributed by atoms with E-state index in [9.17, 15) is 14.9 Å². The first-order valence-corrected chi connectivity index (χ1v) is 13.0. The van der Waals surface area contributed by atoms with Gasteiger partial charge in [-0.3, -0.25) is 9.59 Å². The summed E-state index contributed by atoms with van der Waals surface area (Å²) in [6.45, 7) is 7.12. The molecule has 0 aliphatic carbocycles. The van der Waals surface area contributed by atoms with Crippen LogP contribution < -0.4 is 5.32 Å². The Balaban J connectivity index is 1.52. The van der Waals surface area contributed by atoms with E-state index in [1.54, 1.807) is 4.90 Å². The summed E-state index contributed by atoms with van der Waals surface area (Å²) in [5, 5.41) is 13.7. The molecule has 2 aromatic carbocycles. The van der Waals surface area contributed by atoms with E-state index in [4.69, 9.17) is 11.6 Å². The molecule has 0 saturated carbocycles. The zero-order chi connectivity index (χ0) is 25.4. The molecule has 0 bridgehead atoms.